The van der Waals surface area contributed by atoms with Crippen molar-refractivity contribution in [2.24, 2.45) is 5.92 Å². The number of halogens is 2. The molecule has 1 aliphatic carbocycles. The standard InChI is InChI=1S/C18H17ClFNO2/c19-14-7-4-8-15(20)16(14)17(22)21-11-18(23,13-9-10-13)12-5-2-1-3-6-12/h1-8,13,23H,9-11H2,(H,21,22). The average molecular weight is 334 g/mol. The van der Waals surface area contributed by atoms with Gasteiger partial charge in [-0.3, -0.25) is 4.79 Å². The van der Waals surface area contributed by atoms with E-state index in [1.54, 1.807) is 0 Å². The second kappa shape index (κ2) is 6.30. The molecule has 3 nitrogen and oxygen atoms in total. The van der Waals surface area contributed by atoms with Crippen LogP contribution in [0.3, 0.4) is 0 Å². The number of benzene rings is 2. The van der Waals surface area contributed by atoms with Crippen LogP contribution in [0, 0.1) is 11.7 Å². The summed E-state index contributed by atoms with van der Waals surface area (Å²) in [4.78, 5) is 12.3. The van der Waals surface area contributed by atoms with E-state index in [1.165, 1.54) is 18.2 Å². The summed E-state index contributed by atoms with van der Waals surface area (Å²) in [5, 5.41) is 13.7. The molecule has 0 heterocycles. The Morgan fingerprint density at radius 1 is 1.22 bits per heavy atom. The first-order valence-electron chi connectivity index (χ1n) is 7.52. The molecule has 1 atom stereocenters. The van der Waals surface area contributed by atoms with Crippen LogP contribution in [0.1, 0.15) is 28.8 Å². The van der Waals surface area contributed by atoms with Crippen molar-refractivity contribution in [2.75, 3.05) is 6.54 Å². The Balaban J connectivity index is 1.79. The highest BCUT2D eigenvalue weighted by molar-refractivity contribution is 6.33. The van der Waals surface area contributed by atoms with Gasteiger partial charge in [0.1, 0.15) is 11.4 Å². The Kier molecular flexibility index (Phi) is 4.37. The minimum Gasteiger partial charge on any atom is -0.383 e. The van der Waals surface area contributed by atoms with E-state index in [0.717, 1.165) is 18.4 Å². The number of amides is 1. The summed E-state index contributed by atoms with van der Waals surface area (Å²) in [6.45, 7) is 0.0190. The summed E-state index contributed by atoms with van der Waals surface area (Å²) in [6, 6.07) is 13.3. The van der Waals surface area contributed by atoms with Crippen LogP contribution in [-0.2, 0) is 5.60 Å². The van der Waals surface area contributed by atoms with Crippen LogP contribution in [0.25, 0.3) is 0 Å². The molecule has 1 saturated carbocycles. The normalized spacial score (nSPS) is 16.7. The van der Waals surface area contributed by atoms with Gasteiger partial charge >= 0.3 is 0 Å². The van der Waals surface area contributed by atoms with Gasteiger partial charge < -0.3 is 10.4 Å². The molecule has 1 amide bonds. The average Bonchev–Trinajstić information content (AvgIpc) is 3.38. The van der Waals surface area contributed by atoms with Crippen molar-refractivity contribution in [1.82, 2.24) is 5.32 Å². The molecular weight excluding hydrogens is 317 g/mol. The predicted molar refractivity (Wildman–Crippen MR) is 86.8 cm³/mol. The fourth-order valence-corrected chi connectivity index (χ4v) is 3.04. The number of nitrogens with one attached hydrogen (secondary N) is 1. The monoisotopic (exact) mass is 333 g/mol. The van der Waals surface area contributed by atoms with Crippen molar-refractivity contribution in [3.05, 3.63) is 70.5 Å². The molecule has 0 aliphatic heterocycles. The maximum atomic E-state index is 13.8. The SMILES string of the molecule is O=C(NCC(O)(c1ccccc1)C1CC1)c1c(F)cccc1Cl. The van der Waals surface area contributed by atoms with Gasteiger partial charge in [0, 0.05) is 0 Å². The molecule has 1 fully saturated rings. The molecule has 2 aromatic carbocycles. The third-order valence-corrected chi connectivity index (χ3v) is 4.55. The highest BCUT2D eigenvalue weighted by Crippen LogP contribution is 2.45. The van der Waals surface area contributed by atoms with Gasteiger partial charge in [0.25, 0.3) is 5.91 Å². The van der Waals surface area contributed by atoms with Crippen LogP contribution in [0.2, 0.25) is 5.02 Å². The lowest BCUT2D eigenvalue weighted by molar-refractivity contribution is 0.0134. The predicted octanol–water partition coefficient (Wildman–Crippen LogP) is 3.51. The van der Waals surface area contributed by atoms with E-state index in [1.807, 2.05) is 30.3 Å². The third kappa shape index (κ3) is 3.23. The number of aliphatic hydroxyl groups is 1. The molecule has 3 rings (SSSR count). The lowest BCUT2D eigenvalue weighted by Gasteiger charge is -2.29. The largest absolute Gasteiger partial charge is 0.383 e. The summed E-state index contributed by atoms with van der Waals surface area (Å²) < 4.78 is 13.8. The first-order chi connectivity index (χ1) is 11.0. The van der Waals surface area contributed by atoms with Crippen molar-refractivity contribution in [3.8, 4) is 0 Å². The molecule has 0 saturated heterocycles. The zero-order chi connectivity index (χ0) is 16.4. The van der Waals surface area contributed by atoms with Crippen molar-refractivity contribution in [3.63, 3.8) is 0 Å². The fraction of sp³-hybridized carbons (Fsp3) is 0.278. The van der Waals surface area contributed by atoms with Gasteiger partial charge in [0.15, 0.2) is 0 Å². The molecule has 120 valence electrons. The molecule has 0 spiro atoms. The van der Waals surface area contributed by atoms with Gasteiger partial charge in [-0.2, -0.15) is 0 Å². The topological polar surface area (TPSA) is 49.3 Å². The maximum absolute atomic E-state index is 13.8. The molecule has 2 N–H and O–H groups in total. The van der Waals surface area contributed by atoms with E-state index in [2.05, 4.69) is 5.32 Å². The third-order valence-electron chi connectivity index (χ3n) is 4.23. The zero-order valence-electron chi connectivity index (χ0n) is 12.4. The van der Waals surface area contributed by atoms with Crippen molar-refractivity contribution in [2.45, 2.75) is 18.4 Å². The van der Waals surface area contributed by atoms with Crippen molar-refractivity contribution < 1.29 is 14.3 Å². The second-order valence-electron chi connectivity index (χ2n) is 5.84. The first kappa shape index (κ1) is 16.0. The van der Waals surface area contributed by atoms with Crippen LogP contribution in [-0.4, -0.2) is 17.6 Å². The van der Waals surface area contributed by atoms with Gasteiger partial charge in [0.2, 0.25) is 0 Å². The molecule has 1 unspecified atom stereocenters. The smallest absolute Gasteiger partial charge is 0.255 e. The Hall–Kier alpha value is -1.91. The van der Waals surface area contributed by atoms with Gasteiger partial charge in [-0.15, -0.1) is 0 Å². The van der Waals surface area contributed by atoms with E-state index in [0.29, 0.717) is 0 Å². The lowest BCUT2D eigenvalue weighted by atomic mass is 9.88. The van der Waals surface area contributed by atoms with Gasteiger partial charge in [-0.05, 0) is 36.5 Å². The van der Waals surface area contributed by atoms with E-state index in [4.69, 9.17) is 11.6 Å². The molecule has 23 heavy (non-hydrogen) atoms. The van der Waals surface area contributed by atoms with Crippen molar-refractivity contribution >= 4 is 17.5 Å². The molecule has 5 heteroatoms. The highest BCUT2D eigenvalue weighted by Gasteiger charge is 2.45. The van der Waals surface area contributed by atoms with E-state index in [-0.39, 0.29) is 23.0 Å². The number of carbonyl (C=O) groups is 1. The molecule has 0 radical (unpaired) electrons. The van der Waals surface area contributed by atoms with Crippen LogP contribution < -0.4 is 5.32 Å². The van der Waals surface area contributed by atoms with Crippen LogP contribution in [0.5, 0.6) is 0 Å². The van der Waals surface area contributed by atoms with E-state index in [9.17, 15) is 14.3 Å². The van der Waals surface area contributed by atoms with Crippen LogP contribution >= 0.6 is 11.6 Å². The molecule has 0 aromatic heterocycles. The molecule has 1 aliphatic rings. The Morgan fingerprint density at radius 3 is 2.52 bits per heavy atom. The minimum absolute atomic E-state index is 0.0190. The number of rotatable bonds is 5. The zero-order valence-corrected chi connectivity index (χ0v) is 13.2. The number of hydrogen-bond acceptors (Lipinski definition) is 2. The number of hydrogen-bond donors (Lipinski definition) is 2. The fourth-order valence-electron chi connectivity index (χ4n) is 2.79. The van der Waals surface area contributed by atoms with Crippen LogP contribution in [0.15, 0.2) is 48.5 Å². The van der Waals surface area contributed by atoms with Crippen molar-refractivity contribution in [1.29, 1.82) is 0 Å². The summed E-state index contributed by atoms with van der Waals surface area (Å²) in [5.74, 6) is -1.20. The first-order valence-corrected chi connectivity index (χ1v) is 7.90. The van der Waals surface area contributed by atoms with Gasteiger partial charge in [0.05, 0.1) is 17.1 Å². The van der Waals surface area contributed by atoms with Gasteiger partial charge in [-0.25, -0.2) is 4.39 Å². The van der Waals surface area contributed by atoms with E-state index >= 15 is 0 Å². The Labute approximate surface area is 139 Å². The lowest BCUT2D eigenvalue weighted by Crippen LogP contribution is -2.42. The minimum atomic E-state index is -1.14. The number of carbonyl (C=O) groups excluding carboxylic acids is 1. The van der Waals surface area contributed by atoms with E-state index < -0.39 is 17.3 Å². The van der Waals surface area contributed by atoms with Gasteiger partial charge in [-0.1, -0.05) is 48.0 Å². The summed E-state index contributed by atoms with van der Waals surface area (Å²) in [7, 11) is 0. The summed E-state index contributed by atoms with van der Waals surface area (Å²) in [6.07, 6.45) is 1.81. The summed E-state index contributed by atoms with van der Waals surface area (Å²) in [5.41, 5.74) is -0.586. The summed E-state index contributed by atoms with van der Waals surface area (Å²) >= 11 is 5.90. The Morgan fingerprint density at radius 2 is 1.91 bits per heavy atom. The Bertz CT molecular complexity index is 698. The van der Waals surface area contributed by atoms with Crippen LogP contribution in [0.4, 0.5) is 4.39 Å². The molecule has 2 aromatic rings. The quantitative estimate of drug-likeness (QED) is 0.879. The highest BCUT2D eigenvalue weighted by atomic mass is 35.5. The second-order valence-corrected chi connectivity index (χ2v) is 6.25. The maximum Gasteiger partial charge on any atom is 0.255 e. The molecular formula is C18H17ClFNO2. The molecule has 0 bridgehead atoms.